The molecule has 0 radical (unpaired) electrons. The van der Waals surface area contributed by atoms with Crippen molar-refractivity contribution in [2.24, 2.45) is 5.92 Å². The van der Waals surface area contributed by atoms with Gasteiger partial charge in [-0.05, 0) is 61.8 Å². The largest absolute Gasteiger partial charge is 0.456 e. The molecule has 3 unspecified atom stereocenters. The van der Waals surface area contributed by atoms with E-state index in [2.05, 4.69) is 17.5 Å². The number of nitrogens with zero attached hydrogens (tertiary/aromatic N) is 1. The van der Waals surface area contributed by atoms with Crippen LogP contribution in [0, 0.1) is 5.92 Å². The van der Waals surface area contributed by atoms with Crippen molar-refractivity contribution in [2.75, 3.05) is 26.5 Å². The van der Waals surface area contributed by atoms with Crippen LogP contribution >= 0.6 is 0 Å². The number of benzene rings is 1. The Labute approximate surface area is 233 Å². The van der Waals surface area contributed by atoms with Crippen LogP contribution in [0.4, 0.5) is 0 Å². The van der Waals surface area contributed by atoms with E-state index >= 15 is 0 Å². The zero-order valence-electron chi connectivity index (χ0n) is 22.4. The van der Waals surface area contributed by atoms with Gasteiger partial charge in [-0.3, -0.25) is 9.59 Å². The first-order valence-corrected chi connectivity index (χ1v) is 14.3. The molecule has 7 atom stereocenters. The fraction of sp³-hybridized carbons (Fsp3) is 0.567. The third kappa shape index (κ3) is 5.85. The number of fused-ring (bicyclic) bond motifs is 2. The third-order valence-corrected chi connectivity index (χ3v) is 8.51. The fourth-order valence-corrected chi connectivity index (χ4v) is 6.27. The van der Waals surface area contributed by atoms with Crippen LogP contribution in [0.2, 0.25) is 0 Å². The van der Waals surface area contributed by atoms with Crippen molar-refractivity contribution in [1.82, 2.24) is 10.2 Å². The van der Waals surface area contributed by atoms with Crippen molar-refractivity contribution in [3.05, 3.63) is 53.1 Å². The Balaban J connectivity index is 1.08. The Morgan fingerprint density at radius 2 is 1.95 bits per heavy atom. The lowest BCUT2D eigenvalue weighted by Crippen LogP contribution is -2.49. The minimum atomic E-state index is -0.701. The van der Waals surface area contributed by atoms with Crippen LogP contribution in [0.1, 0.15) is 54.4 Å². The number of carbonyl (C=O) groups is 3. The van der Waals surface area contributed by atoms with Gasteiger partial charge in [0.05, 0.1) is 24.4 Å². The minimum absolute atomic E-state index is 0.0484. The molecule has 0 bridgehead atoms. The van der Waals surface area contributed by atoms with Gasteiger partial charge in [-0.15, -0.1) is 0 Å². The molecule has 1 saturated carbocycles. The quantitative estimate of drug-likeness (QED) is 0.370. The van der Waals surface area contributed by atoms with E-state index in [0.717, 1.165) is 24.8 Å². The normalized spacial score (nSPS) is 32.8. The number of allylic oxidation sites excluding steroid dienone is 1. The van der Waals surface area contributed by atoms with Crippen molar-refractivity contribution in [1.29, 1.82) is 0 Å². The number of nitrogens with one attached hydrogen (secondary N) is 1. The Morgan fingerprint density at radius 3 is 2.75 bits per heavy atom. The summed E-state index contributed by atoms with van der Waals surface area (Å²) in [4.78, 5) is 40.7. The van der Waals surface area contributed by atoms with Crippen molar-refractivity contribution in [2.45, 2.75) is 75.1 Å². The van der Waals surface area contributed by atoms with E-state index in [1.165, 1.54) is 0 Å². The summed E-state index contributed by atoms with van der Waals surface area (Å²) in [5.41, 5.74) is 1.87. The lowest BCUT2D eigenvalue weighted by Gasteiger charge is -2.32. The van der Waals surface area contributed by atoms with Crippen molar-refractivity contribution >= 4 is 23.9 Å². The smallest absolute Gasteiger partial charge is 0.338 e. The van der Waals surface area contributed by atoms with Gasteiger partial charge in [0.1, 0.15) is 31.1 Å². The van der Waals surface area contributed by atoms with Crippen molar-refractivity contribution in [3.8, 4) is 0 Å². The van der Waals surface area contributed by atoms with Gasteiger partial charge in [-0.25, -0.2) is 4.79 Å². The number of epoxide rings is 1. The van der Waals surface area contributed by atoms with Crippen LogP contribution in [0.15, 0.2) is 42.0 Å². The Bertz CT molecular complexity index is 1180. The molecule has 214 valence electrons. The van der Waals surface area contributed by atoms with Gasteiger partial charge in [-0.2, -0.15) is 0 Å². The van der Waals surface area contributed by atoms with Gasteiger partial charge in [0.15, 0.2) is 0 Å². The van der Waals surface area contributed by atoms with Crippen LogP contribution in [-0.2, 0) is 28.5 Å². The molecule has 2 aliphatic carbocycles. The van der Waals surface area contributed by atoms with Crippen LogP contribution < -0.4 is 5.32 Å². The number of likely N-dealkylation sites (tertiary alicyclic amines) is 1. The highest BCUT2D eigenvalue weighted by atomic mass is 16.7. The maximum Gasteiger partial charge on any atom is 0.338 e. The second-order valence-corrected chi connectivity index (χ2v) is 11.2. The summed E-state index contributed by atoms with van der Waals surface area (Å²) in [6, 6.07) is 6.70. The summed E-state index contributed by atoms with van der Waals surface area (Å²) in [6.07, 6.45) is 10.1. The lowest BCUT2D eigenvalue weighted by molar-refractivity contribution is -0.136. The van der Waals surface area contributed by atoms with E-state index in [0.29, 0.717) is 48.6 Å². The lowest BCUT2D eigenvalue weighted by atomic mass is 9.89. The summed E-state index contributed by atoms with van der Waals surface area (Å²) in [5, 5.41) is 11.7. The van der Waals surface area contributed by atoms with Crippen molar-refractivity contribution < 1.29 is 38.4 Å². The predicted molar refractivity (Wildman–Crippen MR) is 143 cm³/mol. The summed E-state index contributed by atoms with van der Waals surface area (Å²) in [7, 11) is 0. The molecular weight excluding hydrogens is 516 g/mol. The first kappa shape index (κ1) is 27.1. The number of carbonyl (C=O) groups excluding carboxylic acids is 3. The number of esters is 1. The Morgan fingerprint density at radius 1 is 1.10 bits per heavy atom. The SMILES string of the molecule is O=C(O[C@@H]1CC(C(=O)N2CCC[C@@H]2C(=O)NCCO)=C[C@H]2OCO[C@H]21)c1ccc(C=CC2CCC3OC3C2)cc1. The molecule has 3 heterocycles. The maximum atomic E-state index is 13.5. The predicted octanol–water partition coefficient (Wildman–Crippen LogP) is 1.96. The van der Waals surface area contributed by atoms with Gasteiger partial charge in [0.2, 0.25) is 11.8 Å². The standard InChI is InChI=1S/C30H36N2O8/c33-13-11-31-28(34)22-2-1-12-32(22)29(35)21-15-25-27(38-17-37-25)26(16-21)40-30(36)20-8-5-18(6-9-20)3-4-19-7-10-23-24(14-19)39-23/h3-6,8-9,15,19,22-27,33H,1-2,7,10-14,16-17H2,(H,31,34)/t19?,22-,23?,24?,25-,26-,27-/m1/s1. The minimum Gasteiger partial charge on any atom is -0.456 e. The molecule has 6 rings (SSSR count). The van der Waals surface area contributed by atoms with Gasteiger partial charge in [-0.1, -0.05) is 24.3 Å². The van der Waals surface area contributed by atoms with Crippen LogP contribution in [0.3, 0.4) is 0 Å². The van der Waals surface area contributed by atoms with E-state index in [9.17, 15) is 14.4 Å². The molecule has 2 amide bonds. The first-order valence-electron chi connectivity index (χ1n) is 14.3. The topological polar surface area (TPSA) is 127 Å². The summed E-state index contributed by atoms with van der Waals surface area (Å²) in [6.45, 7) is 0.481. The van der Waals surface area contributed by atoms with Gasteiger partial charge >= 0.3 is 5.97 Å². The average molecular weight is 553 g/mol. The highest BCUT2D eigenvalue weighted by Crippen LogP contribution is 2.40. The number of rotatable bonds is 8. The number of hydrogen-bond donors (Lipinski definition) is 2. The number of ether oxygens (including phenoxy) is 4. The van der Waals surface area contributed by atoms with E-state index in [1.54, 1.807) is 23.1 Å². The molecule has 10 heteroatoms. The molecule has 40 heavy (non-hydrogen) atoms. The molecule has 5 aliphatic rings. The van der Waals surface area contributed by atoms with Crippen LogP contribution in [-0.4, -0.2) is 90.8 Å². The summed E-state index contributed by atoms with van der Waals surface area (Å²) in [5.74, 6) is -0.512. The van der Waals surface area contributed by atoms with E-state index in [-0.39, 0.29) is 38.2 Å². The molecule has 3 aliphatic heterocycles. The second kappa shape index (κ2) is 11.8. The van der Waals surface area contributed by atoms with Gasteiger partial charge in [0.25, 0.3) is 0 Å². The molecule has 1 aromatic carbocycles. The Kier molecular flexibility index (Phi) is 8.02. The number of hydrogen-bond acceptors (Lipinski definition) is 8. The van der Waals surface area contributed by atoms with Crippen molar-refractivity contribution in [3.63, 3.8) is 0 Å². The number of amides is 2. The zero-order valence-corrected chi connectivity index (χ0v) is 22.4. The molecular formula is C30H36N2O8. The van der Waals surface area contributed by atoms with E-state index in [4.69, 9.17) is 24.1 Å². The highest BCUT2D eigenvalue weighted by Gasteiger charge is 2.45. The molecule has 1 aromatic rings. The van der Waals surface area contributed by atoms with Gasteiger partial charge < -0.3 is 34.3 Å². The highest BCUT2D eigenvalue weighted by molar-refractivity contribution is 5.98. The van der Waals surface area contributed by atoms with Gasteiger partial charge in [0, 0.05) is 25.1 Å². The summed E-state index contributed by atoms with van der Waals surface area (Å²) < 4.78 is 22.9. The third-order valence-electron chi connectivity index (χ3n) is 8.51. The molecule has 3 saturated heterocycles. The zero-order chi connectivity index (χ0) is 27.6. The molecule has 4 fully saturated rings. The number of aliphatic hydroxyl groups excluding tert-OH is 1. The molecule has 10 nitrogen and oxygen atoms in total. The van der Waals surface area contributed by atoms with Crippen LogP contribution in [0.5, 0.6) is 0 Å². The second-order valence-electron chi connectivity index (χ2n) is 11.2. The molecule has 2 N–H and O–H groups in total. The monoisotopic (exact) mass is 552 g/mol. The number of aliphatic hydroxyl groups is 1. The maximum absolute atomic E-state index is 13.5. The van der Waals surface area contributed by atoms with E-state index < -0.39 is 30.3 Å². The van der Waals surface area contributed by atoms with Crippen LogP contribution in [0.25, 0.3) is 6.08 Å². The summed E-state index contributed by atoms with van der Waals surface area (Å²) >= 11 is 0. The Hall–Kier alpha value is -3.05. The average Bonchev–Trinajstić information content (AvgIpc) is 3.32. The fourth-order valence-electron chi connectivity index (χ4n) is 6.27. The first-order chi connectivity index (χ1) is 19.5. The molecule has 0 spiro atoms. The molecule has 0 aromatic heterocycles. The van der Waals surface area contributed by atoms with E-state index in [1.807, 2.05) is 12.1 Å².